The minimum Gasteiger partial charge on any atom is -0.238 e. The third-order valence-electron chi connectivity index (χ3n) is 1.87. The fourth-order valence-electron chi connectivity index (χ4n) is 1.37. The van der Waals surface area contributed by atoms with Crippen molar-refractivity contribution < 1.29 is 0 Å². The summed E-state index contributed by atoms with van der Waals surface area (Å²) in [5.41, 5.74) is 2.10. The van der Waals surface area contributed by atoms with E-state index in [-0.39, 0.29) is 0 Å². The number of hydrogen-bond donors (Lipinski definition) is 0. The lowest BCUT2D eigenvalue weighted by molar-refractivity contribution is 0.976. The molecule has 0 fully saturated rings. The van der Waals surface area contributed by atoms with Crippen molar-refractivity contribution in [3.63, 3.8) is 0 Å². The van der Waals surface area contributed by atoms with Crippen molar-refractivity contribution in [2.75, 3.05) is 0 Å². The molecule has 0 saturated carbocycles. The van der Waals surface area contributed by atoms with Crippen molar-refractivity contribution in [3.05, 3.63) is 17.6 Å². The lowest BCUT2D eigenvalue weighted by Gasteiger charge is -2.00. The van der Waals surface area contributed by atoms with Crippen LogP contribution in [0.1, 0.15) is 38.2 Å². The Bertz CT molecular complexity index is 322. The molecular weight excluding hydrogens is 174 g/mol. The molecule has 0 radical (unpaired) electrons. The van der Waals surface area contributed by atoms with Crippen LogP contribution in [0, 0.1) is 13.8 Å². The van der Waals surface area contributed by atoms with Crippen LogP contribution >= 0.6 is 0 Å². The summed E-state index contributed by atoms with van der Waals surface area (Å²) < 4.78 is 0. The normalized spacial score (nSPS) is 11.9. The van der Waals surface area contributed by atoms with Crippen LogP contribution in [0.15, 0.2) is 11.1 Å². The fourth-order valence-corrected chi connectivity index (χ4v) is 1.37. The van der Waals surface area contributed by atoms with Crippen LogP contribution < -0.4 is 0 Å². The van der Waals surface area contributed by atoms with Crippen molar-refractivity contribution in [2.24, 2.45) is 4.99 Å². The molecule has 1 heterocycles. The average molecular weight is 191 g/mol. The molecule has 3 heteroatoms. The first-order chi connectivity index (χ1) is 6.61. The lowest BCUT2D eigenvalue weighted by atomic mass is 10.2. The Balaban J connectivity index is 2.90. The van der Waals surface area contributed by atoms with E-state index in [1.54, 1.807) is 0 Å². The van der Waals surface area contributed by atoms with Crippen LogP contribution in [-0.4, -0.2) is 15.7 Å². The van der Waals surface area contributed by atoms with E-state index in [1.807, 2.05) is 26.8 Å². The van der Waals surface area contributed by atoms with Gasteiger partial charge in [-0.05, 0) is 27.2 Å². The summed E-state index contributed by atoms with van der Waals surface area (Å²) >= 11 is 0. The maximum Gasteiger partial charge on any atom is 0.155 e. The van der Waals surface area contributed by atoms with Crippen molar-refractivity contribution in [1.29, 1.82) is 0 Å². The van der Waals surface area contributed by atoms with Crippen molar-refractivity contribution >= 4 is 11.5 Å². The molecular formula is C11H17N3. The first kappa shape index (κ1) is 10.8. The van der Waals surface area contributed by atoms with Crippen LogP contribution in [0.5, 0.6) is 0 Å². The maximum atomic E-state index is 4.44. The summed E-state index contributed by atoms with van der Waals surface area (Å²) in [6.45, 7) is 8.04. The minimum atomic E-state index is 0.779. The van der Waals surface area contributed by atoms with E-state index in [1.165, 1.54) is 0 Å². The number of aromatic nitrogens is 2. The van der Waals surface area contributed by atoms with E-state index in [2.05, 4.69) is 21.9 Å². The molecule has 0 saturated heterocycles. The second-order valence-electron chi connectivity index (χ2n) is 3.51. The Morgan fingerprint density at radius 1 is 1.36 bits per heavy atom. The summed E-state index contributed by atoms with van der Waals surface area (Å²) in [4.78, 5) is 12.9. The first-order valence-corrected chi connectivity index (χ1v) is 4.98. The van der Waals surface area contributed by atoms with E-state index < -0.39 is 0 Å². The highest BCUT2D eigenvalue weighted by Gasteiger charge is 1.97. The Morgan fingerprint density at radius 3 is 2.64 bits per heavy atom. The molecule has 14 heavy (non-hydrogen) atoms. The maximum absolute atomic E-state index is 4.44. The van der Waals surface area contributed by atoms with Gasteiger partial charge >= 0.3 is 0 Å². The number of hydrogen-bond acceptors (Lipinski definition) is 3. The summed E-state index contributed by atoms with van der Waals surface area (Å²) in [6, 6.07) is 1.91. The Hall–Kier alpha value is -1.25. The molecule has 0 amide bonds. The molecule has 0 aliphatic rings. The second-order valence-corrected chi connectivity index (χ2v) is 3.51. The van der Waals surface area contributed by atoms with Gasteiger partial charge in [0.2, 0.25) is 0 Å². The number of aliphatic imine (C=N–C) groups is 1. The molecule has 76 valence electrons. The lowest BCUT2D eigenvalue weighted by Crippen LogP contribution is -1.93. The van der Waals surface area contributed by atoms with Crippen molar-refractivity contribution in [3.8, 4) is 0 Å². The Morgan fingerprint density at radius 2 is 2.07 bits per heavy atom. The quantitative estimate of drug-likeness (QED) is 0.689. The van der Waals surface area contributed by atoms with Gasteiger partial charge in [0.1, 0.15) is 5.82 Å². The van der Waals surface area contributed by atoms with Gasteiger partial charge < -0.3 is 0 Å². The van der Waals surface area contributed by atoms with E-state index in [4.69, 9.17) is 0 Å². The van der Waals surface area contributed by atoms with Gasteiger partial charge in [0.15, 0.2) is 5.82 Å². The third-order valence-corrected chi connectivity index (χ3v) is 1.87. The zero-order valence-corrected chi connectivity index (χ0v) is 9.33. The highest BCUT2D eigenvalue weighted by atomic mass is 15.0. The van der Waals surface area contributed by atoms with E-state index in [0.29, 0.717) is 0 Å². The zero-order chi connectivity index (χ0) is 10.6. The highest BCUT2D eigenvalue weighted by Crippen LogP contribution is 2.10. The van der Waals surface area contributed by atoms with Gasteiger partial charge in [0, 0.05) is 17.5 Å². The molecule has 0 bridgehead atoms. The van der Waals surface area contributed by atoms with Gasteiger partial charge in [-0.1, -0.05) is 13.3 Å². The zero-order valence-electron chi connectivity index (χ0n) is 9.33. The largest absolute Gasteiger partial charge is 0.238 e. The molecule has 1 aromatic rings. The van der Waals surface area contributed by atoms with Crippen molar-refractivity contribution in [1.82, 2.24) is 9.97 Å². The summed E-state index contributed by atoms with van der Waals surface area (Å²) in [5, 5.41) is 0. The summed E-state index contributed by atoms with van der Waals surface area (Å²) in [5.74, 6) is 1.56. The van der Waals surface area contributed by atoms with E-state index >= 15 is 0 Å². The van der Waals surface area contributed by atoms with Crippen LogP contribution in [0.3, 0.4) is 0 Å². The van der Waals surface area contributed by atoms with Gasteiger partial charge in [-0.3, -0.25) is 0 Å². The molecule has 0 aliphatic carbocycles. The average Bonchev–Trinajstić information content (AvgIpc) is 2.01. The Labute approximate surface area is 85.3 Å². The topological polar surface area (TPSA) is 38.1 Å². The van der Waals surface area contributed by atoms with Crippen LogP contribution in [0.4, 0.5) is 5.82 Å². The van der Waals surface area contributed by atoms with Gasteiger partial charge in [-0.2, -0.15) is 0 Å². The monoisotopic (exact) mass is 191 g/mol. The molecule has 0 unspecified atom stereocenters. The molecule has 1 rings (SSSR count). The first-order valence-electron chi connectivity index (χ1n) is 4.98. The van der Waals surface area contributed by atoms with Gasteiger partial charge in [-0.25, -0.2) is 15.0 Å². The number of rotatable bonds is 3. The predicted molar refractivity (Wildman–Crippen MR) is 59.2 cm³/mol. The van der Waals surface area contributed by atoms with Gasteiger partial charge in [-0.15, -0.1) is 0 Å². The standard InChI is InChI=1S/C11H17N3/c1-5-6-8(2)13-11-7-9(3)12-10(4)14-11/h7H,5-6H2,1-4H3. The number of nitrogens with zero attached hydrogens (tertiary/aromatic N) is 3. The summed E-state index contributed by atoms with van der Waals surface area (Å²) in [6.07, 6.45) is 2.15. The second kappa shape index (κ2) is 4.84. The molecule has 1 aromatic heterocycles. The van der Waals surface area contributed by atoms with Crippen LogP contribution in [-0.2, 0) is 0 Å². The molecule has 0 atom stereocenters. The molecule has 3 nitrogen and oxygen atoms in total. The molecule has 0 aliphatic heterocycles. The molecule has 0 spiro atoms. The van der Waals surface area contributed by atoms with Crippen LogP contribution in [0.25, 0.3) is 0 Å². The predicted octanol–water partition coefficient (Wildman–Crippen LogP) is 2.99. The highest BCUT2D eigenvalue weighted by molar-refractivity contribution is 5.84. The van der Waals surface area contributed by atoms with E-state index in [0.717, 1.165) is 35.9 Å². The molecule has 0 N–H and O–H groups in total. The van der Waals surface area contributed by atoms with E-state index in [9.17, 15) is 0 Å². The summed E-state index contributed by atoms with van der Waals surface area (Å²) in [7, 11) is 0. The van der Waals surface area contributed by atoms with Gasteiger partial charge in [0.05, 0.1) is 0 Å². The van der Waals surface area contributed by atoms with Gasteiger partial charge in [0.25, 0.3) is 0 Å². The third kappa shape index (κ3) is 3.24. The fraction of sp³-hybridized carbons (Fsp3) is 0.545. The minimum absolute atomic E-state index is 0.779. The Kier molecular flexibility index (Phi) is 3.74. The number of aryl methyl sites for hydroxylation is 2. The SMILES string of the molecule is CCCC(C)=Nc1cc(C)nc(C)n1. The van der Waals surface area contributed by atoms with Crippen molar-refractivity contribution in [2.45, 2.75) is 40.5 Å². The van der Waals surface area contributed by atoms with Crippen LogP contribution in [0.2, 0.25) is 0 Å². The smallest absolute Gasteiger partial charge is 0.155 e. The molecule has 0 aromatic carbocycles.